The molecule has 0 atom stereocenters. The van der Waals surface area contributed by atoms with Gasteiger partial charge in [-0.25, -0.2) is 9.78 Å². The van der Waals surface area contributed by atoms with Crippen LogP contribution >= 0.6 is 0 Å². The Hall–Kier alpha value is -3.22. The molecule has 0 fully saturated rings. The highest BCUT2D eigenvalue weighted by Crippen LogP contribution is 2.24. The van der Waals surface area contributed by atoms with Gasteiger partial charge in [-0.05, 0) is 55.7 Å². The first kappa shape index (κ1) is 16.3. The highest BCUT2D eigenvalue weighted by atomic mass is 16.2. The fourth-order valence-electron chi connectivity index (χ4n) is 3.21. The van der Waals surface area contributed by atoms with Crippen molar-refractivity contribution in [1.82, 2.24) is 24.1 Å². The van der Waals surface area contributed by atoms with Crippen molar-refractivity contribution in [2.24, 2.45) is 0 Å². The van der Waals surface area contributed by atoms with E-state index in [0.717, 1.165) is 35.1 Å². The minimum Gasteiger partial charge on any atom is -0.354 e. The van der Waals surface area contributed by atoms with Crippen molar-refractivity contribution in [2.45, 2.75) is 33.4 Å². The maximum atomic E-state index is 12.2. The highest BCUT2D eigenvalue weighted by molar-refractivity contribution is 5.81. The summed E-state index contributed by atoms with van der Waals surface area (Å²) in [6.45, 7) is 5.52. The van der Waals surface area contributed by atoms with Crippen LogP contribution < -0.4 is 11.2 Å². The number of benzene rings is 1. The quantitative estimate of drug-likeness (QED) is 0.572. The standard InChI is InChI=1S/C19H19N5O2/c1-12-10-14-15(11-13(12)2)24(9-5-8-23-6-3-4-7-23)17-16(20-14)18(25)22-19(26)21-17/h3-4,6-7,10-11H,5,8-9H2,1-2H3,(H,22,25,26). The number of hydrogen-bond acceptors (Lipinski definition) is 4. The van der Waals surface area contributed by atoms with Gasteiger partial charge in [-0.15, -0.1) is 0 Å². The van der Waals surface area contributed by atoms with Gasteiger partial charge in [-0.1, -0.05) is 0 Å². The minimum absolute atomic E-state index is 0.196. The van der Waals surface area contributed by atoms with E-state index in [2.05, 4.69) is 19.5 Å². The van der Waals surface area contributed by atoms with Crippen LogP contribution in [0.15, 0.2) is 46.2 Å². The van der Waals surface area contributed by atoms with E-state index in [1.165, 1.54) is 0 Å². The number of aromatic amines is 1. The monoisotopic (exact) mass is 349 g/mol. The molecule has 132 valence electrons. The van der Waals surface area contributed by atoms with Crippen molar-refractivity contribution < 1.29 is 0 Å². The van der Waals surface area contributed by atoms with E-state index < -0.39 is 11.2 Å². The average molecular weight is 349 g/mol. The number of fused-ring (bicyclic) bond motifs is 2. The lowest BCUT2D eigenvalue weighted by molar-refractivity contribution is 0.570. The van der Waals surface area contributed by atoms with E-state index >= 15 is 0 Å². The molecule has 7 heteroatoms. The zero-order chi connectivity index (χ0) is 18.3. The molecule has 0 amide bonds. The lowest BCUT2D eigenvalue weighted by Gasteiger charge is -2.18. The van der Waals surface area contributed by atoms with Crippen LogP contribution in [0.1, 0.15) is 17.5 Å². The van der Waals surface area contributed by atoms with Crippen LogP contribution in [0.3, 0.4) is 0 Å². The van der Waals surface area contributed by atoms with E-state index in [9.17, 15) is 9.59 Å². The summed E-state index contributed by atoms with van der Waals surface area (Å²) >= 11 is 0. The molecule has 0 saturated carbocycles. The van der Waals surface area contributed by atoms with Crippen molar-refractivity contribution in [2.75, 3.05) is 0 Å². The fraction of sp³-hybridized carbons (Fsp3) is 0.263. The van der Waals surface area contributed by atoms with Crippen LogP contribution in [-0.4, -0.2) is 24.1 Å². The molecule has 1 N–H and O–H groups in total. The molecule has 26 heavy (non-hydrogen) atoms. The highest BCUT2D eigenvalue weighted by Gasteiger charge is 2.18. The first-order valence-electron chi connectivity index (χ1n) is 8.55. The molecular formula is C19H19N5O2. The van der Waals surface area contributed by atoms with Crippen molar-refractivity contribution in [3.8, 4) is 11.5 Å². The first-order chi connectivity index (χ1) is 12.5. The molecule has 2 aliphatic heterocycles. The molecule has 0 spiro atoms. The van der Waals surface area contributed by atoms with Gasteiger partial charge in [-0.3, -0.25) is 9.78 Å². The molecule has 1 aromatic carbocycles. The maximum absolute atomic E-state index is 12.2. The summed E-state index contributed by atoms with van der Waals surface area (Å²) in [6, 6.07) is 7.99. The summed E-state index contributed by atoms with van der Waals surface area (Å²) < 4.78 is 4.03. The van der Waals surface area contributed by atoms with Gasteiger partial charge >= 0.3 is 5.69 Å². The topological polar surface area (TPSA) is 85.6 Å². The number of aryl methyl sites for hydroxylation is 4. The maximum Gasteiger partial charge on any atom is 0.349 e. The van der Waals surface area contributed by atoms with Gasteiger partial charge in [0.2, 0.25) is 0 Å². The lowest BCUT2D eigenvalue weighted by Crippen LogP contribution is -2.29. The third kappa shape index (κ3) is 2.81. The second kappa shape index (κ2) is 6.25. The third-order valence-electron chi connectivity index (χ3n) is 4.69. The summed E-state index contributed by atoms with van der Waals surface area (Å²) in [6.07, 6.45) is 4.86. The molecule has 0 unspecified atom stereocenters. The first-order valence-corrected chi connectivity index (χ1v) is 8.55. The molecule has 3 heterocycles. The number of rotatable bonds is 4. The Morgan fingerprint density at radius 1 is 1.00 bits per heavy atom. The van der Waals surface area contributed by atoms with E-state index in [-0.39, 0.29) is 5.69 Å². The largest absolute Gasteiger partial charge is 0.354 e. The minimum atomic E-state index is -0.647. The second-order valence-electron chi connectivity index (χ2n) is 6.51. The predicted octanol–water partition coefficient (Wildman–Crippen LogP) is 2.09. The number of hydrogen-bond donors (Lipinski definition) is 1. The van der Waals surface area contributed by atoms with Crippen LogP contribution in [0, 0.1) is 13.8 Å². The fourth-order valence-corrected chi connectivity index (χ4v) is 3.21. The number of nitrogens with one attached hydrogen (secondary N) is 1. The van der Waals surface area contributed by atoms with Gasteiger partial charge in [0.1, 0.15) is 0 Å². The number of H-pyrrole nitrogens is 1. The zero-order valence-electron chi connectivity index (χ0n) is 14.7. The Balaban J connectivity index is 1.89. The number of nitrogens with zero attached hydrogens (tertiary/aromatic N) is 4. The Morgan fingerprint density at radius 2 is 1.73 bits per heavy atom. The van der Waals surface area contributed by atoms with Gasteiger partial charge in [0, 0.05) is 25.5 Å². The SMILES string of the molecule is Cc1cc2nc3c(=O)[nH]c(=O)nc-3n(CCCn3cccc3)c2cc1C. The normalized spacial score (nSPS) is 11.5. The molecule has 1 aromatic heterocycles. The molecule has 7 nitrogen and oxygen atoms in total. The van der Waals surface area contributed by atoms with E-state index in [4.69, 9.17) is 0 Å². The summed E-state index contributed by atoms with van der Waals surface area (Å²) in [5.74, 6) is 0.335. The molecule has 0 bridgehead atoms. The smallest absolute Gasteiger partial charge is 0.349 e. The summed E-state index contributed by atoms with van der Waals surface area (Å²) in [5, 5.41) is 0. The van der Waals surface area contributed by atoms with Crippen LogP contribution in [-0.2, 0) is 13.1 Å². The summed E-state index contributed by atoms with van der Waals surface area (Å²) in [7, 11) is 0. The average Bonchev–Trinajstić information content (AvgIpc) is 3.10. The van der Waals surface area contributed by atoms with Gasteiger partial charge in [0.05, 0.1) is 11.0 Å². The van der Waals surface area contributed by atoms with Crippen LogP contribution in [0.2, 0.25) is 0 Å². The molecule has 2 aliphatic rings. The van der Waals surface area contributed by atoms with Crippen LogP contribution in [0.4, 0.5) is 0 Å². The van der Waals surface area contributed by atoms with Gasteiger partial charge in [0.25, 0.3) is 5.56 Å². The Labute approximate surface area is 149 Å². The molecule has 0 aliphatic carbocycles. The molecule has 2 aromatic rings. The Morgan fingerprint density at radius 3 is 2.50 bits per heavy atom. The summed E-state index contributed by atoms with van der Waals surface area (Å²) in [5.41, 5.74) is 2.89. The zero-order valence-corrected chi connectivity index (χ0v) is 14.7. The van der Waals surface area contributed by atoms with Crippen LogP contribution in [0.5, 0.6) is 0 Å². The van der Waals surface area contributed by atoms with Crippen molar-refractivity contribution in [1.29, 1.82) is 0 Å². The van der Waals surface area contributed by atoms with Gasteiger partial charge in [-0.2, -0.15) is 4.98 Å². The second-order valence-corrected chi connectivity index (χ2v) is 6.51. The Bertz CT molecular complexity index is 1170. The lowest BCUT2D eigenvalue weighted by atomic mass is 10.1. The molecule has 4 rings (SSSR count). The van der Waals surface area contributed by atoms with Crippen molar-refractivity contribution >= 4 is 11.0 Å². The third-order valence-corrected chi connectivity index (χ3v) is 4.69. The molecule has 0 saturated heterocycles. The predicted molar refractivity (Wildman–Crippen MR) is 99.6 cm³/mol. The van der Waals surface area contributed by atoms with E-state index in [1.807, 2.05) is 55.1 Å². The van der Waals surface area contributed by atoms with Gasteiger partial charge < -0.3 is 9.13 Å². The molecular weight excluding hydrogens is 330 g/mol. The van der Waals surface area contributed by atoms with E-state index in [1.54, 1.807) is 0 Å². The van der Waals surface area contributed by atoms with Gasteiger partial charge in [0.15, 0.2) is 11.5 Å². The number of aromatic nitrogens is 5. The summed E-state index contributed by atoms with van der Waals surface area (Å²) in [4.78, 5) is 34.7. The Kier molecular flexibility index (Phi) is 3.91. The van der Waals surface area contributed by atoms with Crippen LogP contribution in [0.25, 0.3) is 22.6 Å². The van der Waals surface area contributed by atoms with E-state index in [0.29, 0.717) is 12.4 Å². The van der Waals surface area contributed by atoms with Crippen molar-refractivity contribution in [3.05, 3.63) is 68.6 Å². The molecule has 0 radical (unpaired) electrons. The van der Waals surface area contributed by atoms with Crippen molar-refractivity contribution in [3.63, 3.8) is 0 Å².